The number of nitrogens with one attached hydrogen (secondary N) is 2. The van der Waals surface area contributed by atoms with E-state index in [0.29, 0.717) is 12.0 Å². The summed E-state index contributed by atoms with van der Waals surface area (Å²) in [5.41, 5.74) is 0.635. The Morgan fingerprint density at radius 2 is 2.04 bits per heavy atom. The Kier molecular flexibility index (Phi) is 4.89. The molecule has 4 aliphatic carbocycles. The molecule has 4 saturated carbocycles. The van der Waals surface area contributed by atoms with Crippen LogP contribution in [-0.4, -0.2) is 73.1 Å². The van der Waals surface area contributed by atoms with Gasteiger partial charge in [0.2, 0.25) is 5.91 Å². The summed E-state index contributed by atoms with van der Waals surface area (Å²) >= 11 is 0. The van der Waals surface area contributed by atoms with Crippen molar-refractivity contribution in [2.75, 3.05) is 45.8 Å². The molecule has 1 amide bonds. The molecule has 4 bridgehead atoms. The summed E-state index contributed by atoms with van der Waals surface area (Å²) in [5, 5.41) is 16.6. The third-order valence-electron chi connectivity index (χ3n) is 8.78. The van der Waals surface area contributed by atoms with Gasteiger partial charge in [0.25, 0.3) is 0 Å². The van der Waals surface area contributed by atoms with E-state index in [4.69, 9.17) is 0 Å². The zero-order valence-electron chi connectivity index (χ0n) is 17.1. The van der Waals surface area contributed by atoms with Crippen molar-refractivity contribution >= 4 is 5.91 Å². The van der Waals surface area contributed by atoms with Gasteiger partial charge in [-0.1, -0.05) is 6.42 Å². The van der Waals surface area contributed by atoms with Gasteiger partial charge in [0, 0.05) is 44.8 Å². The number of likely N-dealkylation sites (tertiary alicyclic amines) is 1. The van der Waals surface area contributed by atoms with E-state index in [9.17, 15) is 10.1 Å². The van der Waals surface area contributed by atoms with E-state index in [-0.39, 0.29) is 17.5 Å². The van der Waals surface area contributed by atoms with Crippen LogP contribution in [0.5, 0.6) is 0 Å². The highest BCUT2D eigenvalue weighted by atomic mass is 16.2. The summed E-state index contributed by atoms with van der Waals surface area (Å²) in [6.45, 7) is 7.04. The van der Waals surface area contributed by atoms with Crippen molar-refractivity contribution < 1.29 is 4.79 Å². The molecule has 6 nitrogen and oxygen atoms in total. The molecule has 0 radical (unpaired) electrons. The van der Waals surface area contributed by atoms with Gasteiger partial charge in [0.05, 0.1) is 12.6 Å². The van der Waals surface area contributed by atoms with Crippen LogP contribution in [0.2, 0.25) is 0 Å². The molecule has 0 aromatic heterocycles. The van der Waals surface area contributed by atoms with Crippen LogP contribution < -0.4 is 10.6 Å². The Balaban J connectivity index is 1.27. The molecular formula is C22H35N5O. The summed E-state index contributed by atoms with van der Waals surface area (Å²) in [6, 6.07) is 2.11. The SMILES string of the molecule is N#C[C@@H]1CCCN1C(=O)CNC12CC3CC1CCCC3(CN1CCNCC1)C2. The highest BCUT2D eigenvalue weighted by molar-refractivity contribution is 5.79. The van der Waals surface area contributed by atoms with Gasteiger partial charge in [0.1, 0.15) is 6.04 Å². The number of carbonyl (C=O) groups excluding carboxylic acids is 1. The smallest absolute Gasteiger partial charge is 0.237 e. The Bertz CT molecular complexity index is 656. The quantitative estimate of drug-likeness (QED) is 0.747. The molecule has 6 aliphatic rings. The van der Waals surface area contributed by atoms with Crippen LogP contribution in [0, 0.1) is 28.6 Å². The first kappa shape index (κ1) is 18.8. The first-order valence-electron chi connectivity index (χ1n) is 11.5. The molecule has 6 rings (SSSR count). The second kappa shape index (κ2) is 7.27. The summed E-state index contributed by atoms with van der Waals surface area (Å²) in [6.07, 6.45) is 9.74. The summed E-state index contributed by atoms with van der Waals surface area (Å²) in [4.78, 5) is 17.3. The van der Waals surface area contributed by atoms with Crippen LogP contribution in [-0.2, 0) is 4.79 Å². The normalized spacial score (nSPS) is 42.7. The van der Waals surface area contributed by atoms with Gasteiger partial charge < -0.3 is 20.4 Å². The van der Waals surface area contributed by atoms with Gasteiger partial charge in [-0.15, -0.1) is 0 Å². The second-order valence-electron chi connectivity index (χ2n) is 10.2. The number of carbonyl (C=O) groups is 1. The minimum absolute atomic E-state index is 0.138. The lowest BCUT2D eigenvalue weighted by Gasteiger charge is -2.45. The lowest BCUT2D eigenvalue weighted by molar-refractivity contribution is -0.130. The molecule has 5 atom stereocenters. The van der Waals surface area contributed by atoms with Gasteiger partial charge in [-0.05, 0) is 62.2 Å². The first-order chi connectivity index (χ1) is 13.6. The van der Waals surface area contributed by atoms with Crippen molar-refractivity contribution in [2.45, 2.75) is 62.9 Å². The zero-order valence-corrected chi connectivity index (χ0v) is 17.1. The zero-order chi connectivity index (χ0) is 19.2. The van der Waals surface area contributed by atoms with E-state index < -0.39 is 0 Å². The fraction of sp³-hybridized carbons (Fsp3) is 0.909. The Morgan fingerprint density at radius 3 is 2.86 bits per heavy atom. The predicted octanol–water partition coefficient (Wildman–Crippen LogP) is 1.33. The maximum absolute atomic E-state index is 12.8. The fourth-order valence-electron chi connectivity index (χ4n) is 7.51. The van der Waals surface area contributed by atoms with Crippen molar-refractivity contribution in [1.29, 1.82) is 5.26 Å². The molecule has 2 N–H and O–H groups in total. The average Bonchev–Trinajstić information content (AvgIpc) is 3.34. The molecule has 4 unspecified atom stereocenters. The summed E-state index contributed by atoms with van der Waals surface area (Å²) in [7, 11) is 0. The molecule has 6 heteroatoms. The van der Waals surface area contributed by atoms with Crippen molar-refractivity contribution in [3.05, 3.63) is 0 Å². The Labute approximate surface area is 169 Å². The number of rotatable bonds is 5. The molecule has 0 spiro atoms. The maximum atomic E-state index is 12.8. The minimum Gasteiger partial charge on any atom is -0.326 e. The van der Waals surface area contributed by atoms with Crippen LogP contribution in [0.1, 0.15) is 51.4 Å². The molecule has 0 aromatic rings. The van der Waals surface area contributed by atoms with E-state index in [0.717, 1.165) is 44.3 Å². The standard InChI is InChI=1S/C22H35N5O/c23-13-19-4-2-8-27(19)20(28)14-25-22-12-18-11-17(22)3-1-5-21(18,15-22)16-26-9-6-24-7-10-26/h17-19,24-25H,1-12,14-16H2/t17?,18?,19-,21?,22?/m0/s1. The lowest BCUT2D eigenvalue weighted by atomic mass is 9.68. The largest absolute Gasteiger partial charge is 0.326 e. The minimum atomic E-state index is -0.204. The number of nitriles is 1. The van der Waals surface area contributed by atoms with Gasteiger partial charge >= 0.3 is 0 Å². The van der Waals surface area contributed by atoms with Crippen LogP contribution in [0.25, 0.3) is 0 Å². The monoisotopic (exact) mass is 385 g/mol. The topological polar surface area (TPSA) is 71.4 Å². The van der Waals surface area contributed by atoms with Crippen LogP contribution in [0.4, 0.5) is 0 Å². The predicted molar refractivity (Wildman–Crippen MR) is 108 cm³/mol. The van der Waals surface area contributed by atoms with Gasteiger partial charge in [-0.2, -0.15) is 5.26 Å². The molecular weight excluding hydrogens is 350 g/mol. The van der Waals surface area contributed by atoms with E-state index >= 15 is 0 Å². The summed E-state index contributed by atoms with van der Waals surface area (Å²) < 4.78 is 0. The van der Waals surface area contributed by atoms with Crippen LogP contribution in [0.15, 0.2) is 0 Å². The van der Waals surface area contributed by atoms with Crippen molar-refractivity contribution in [1.82, 2.24) is 20.4 Å². The fourth-order valence-corrected chi connectivity index (χ4v) is 7.51. The van der Waals surface area contributed by atoms with Crippen molar-refractivity contribution in [2.24, 2.45) is 17.3 Å². The third kappa shape index (κ3) is 3.07. The highest BCUT2D eigenvalue weighted by Crippen LogP contribution is 2.66. The van der Waals surface area contributed by atoms with E-state index in [1.807, 2.05) is 4.90 Å². The van der Waals surface area contributed by atoms with Gasteiger partial charge in [0.15, 0.2) is 0 Å². The molecule has 2 heterocycles. The number of nitrogens with zero attached hydrogens (tertiary/aromatic N) is 3. The van der Waals surface area contributed by atoms with E-state index in [1.165, 1.54) is 58.2 Å². The average molecular weight is 386 g/mol. The van der Waals surface area contributed by atoms with Crippen molar-refractivity contribution in [3.8, 4) is 6.07 Å². The Morgan fingerprint density at radius 1 is 1.18 bits per heavy atom. The van der Waals surface area contributed by atoms with E-state index in [1.54, 1.807) is 0 Å². The van der Waals surface area contributed by atoms with Crippen molar-refractivity contribution in [3.63, 3.8) is 0 Å². The third-order valence-corrected chi connectivity index (χ3v) is 8.78. The molecule has 28 heavy (non-hydrogen) atoms. The number of piperazine rings is 1. The number of hydrogen-bond acceptors (Lipinski definition) is 5. The molecule has 2 aliphatic heterocycles. The van der Waals surface area contributed by atoms with Crippen LogP contribution >= 0.6 is 0 Å². The van der Waals surface area contributed by atoms with E-state index in [2.05, 4.69) is 21.6 Å². The van der Waals surface area contributed by atoms with Gasteiger partial charge in [-0.25, -0.2) is 0 Å². The summed E-state index contributed by atoms with van der Waals surface area (Å²) in [5.74, 6) is 1.71. The van der Waals surface area contributed by atoms with Gasteiger partial charge in [-0.3, -0.25) is 4.79 Å². The molecule has 6 fully saturated rings. The molecule has 154 valence electrons. The number of fused-ring (bicyclic) bond motifs is 2. The Hall–Kier alpha value is -1.16. The number of amides is 1. The van der Waals surface area contributed by atoms with Crippen LogP contribution in [0.3, 0.4) is 0 Å². The highest BCUT2D eigenvalue weighted by Gasteiger charge is 2.64. The maximum Gasteiger partial charge on any atom is 0.237 e. The molecule has 0 aromatic carbocycles. The number of hydrogen-bond donors (Lipinski definition) is 2. The molecule has 2 saturated heterocycles. The first-order valence-corrected chi connectivity index (χ1v) is 11.5. The second-order valence-corrected chi connectivity index (χ2v) is 10.2. The lowest BCUT2D eigenvalue weighted by Crippen LogP contribution is -2.55.